The van der Waals surface area contributed by atoms with Crippen LogP contribution in [0.5, 0.6) is 5.75 Å². The highest BCUT2D eigenvalue weighted by Gasteiger charge is 2.52. The molecule has 0 saturated heterocycles. The van der Waals surface area contributed by atoms with Gasteiger partial charge in [-0.3, -0.25) is 0 Å². The number of hydrogen-bond donors (Lipinski definition) is 1. The van der Waals surface area contributed by atoms with Crippen LogP contribution in [0.1, 0.15) is 26.7 Å². The van der Waals surface area contributed by atoms with Gasteiger partial charge in [0.2, 0.25) is 5.89 Å². The Morgan fingerprint density at radius 2 is 1.15 bits per heavy atom. The van der Waals surface area contributed by atoms with Crippen LogP contribution in [0.4, 0.5) is 5.69 Å². The normalized spacial score (nSPS) is 11.8. The molecule has 0 radical (unpaired) electrons. The van der Waals surface area contributed by atoms with E-state index in [1.807, 2.05) is 36.4 Å². The lowest BCUT2D eigenvalue weighted by Gasteiger charge is -2.43. The lowest BCUT2D eigenvalue weighted by atomic mass is 10.1. The largest absolute Gasteiger partial charge is 0.532 e. The van der Waals surface area contributed by atoms with E-state index in [1.165, 1.54) is 10.4 Å². The highest BCUT2D eigenvalue weighted by atomic mass is 28.4. The van der Waals surface area contributed by atoms with E-state index in [1.54, 1.807) is 0 Å². The fourth-order valence-corrected chi connectivity index (χ4v) is 10.9. The van der Waals surface area contributed by atoms with Gasteiger partial charge in [-0.1, -0.05) is 172 Å². The lowest BCUT2D eigenvalue weighted by Crippen LogP contribution is -2.68. The van der Waals surface area contributed by atoms with Gasteiger partial charge < -0.3 is 14.2 Å². The van der Waals surface area contributed by atoms with Crippen molar-refractivity contribution in [2.24, 2.45) is 0 Å². The zero-order valence-corrected chi connectivity index (χ0v) is 28.0. The predicted molar refractivity (Wildman–Crippen MR) is 197 cm³/mol. The maximum atomic E-state index is 7.66. The summed E-state index contributed by atoms with van der Waals surface area (Å²) in [7, 11) is -2.92. The minimum absolute atomic E-state index is 0.193. The minimum atomic E-state index is -2.92. The van der Waals surface area contributed by atoms with E-state index in [-0.39, 0.29) is 5.04 Å². The van der Waals surface area contributed by atoms with Gasteiger partial charge in [0.1, 0.15) is 11.4 Å². The first-order valence-corrected chi connectivity index (χ1v) is 18.0. The molecule has 0 aliphatic heterocycles. The Morgan fingerprint density at radius 1 is 0.617 bits per heavy atom. The second-order valence-corrected chi connectivity index (χ2v) is 17.0. The number of anilines is 1. The molecule has 1 aromatic heterocycles. The number of oxazole rings is 1. The summed E-state index contributed by atoms with van der Waals surface area (Å²) in [5.41, 5.74) is 3.74. The van der Waals surface area contributed by atoms with Gasteiger partial charge in [0, 0.05) is 16.5 Å². The van der Waals surface area contributed by atoms with Crippen molar-refractivity contribution < 1.29 is 8.84 Å². The molecule has 1 heterocycles. The Balaban J connectivity index is 1.34. The van der Waals surface area contributed by atoms with Crippen molar-refractivity contribution in [2.45, 2.75) is 32.4 Å². The summed E-state index contributed by atoms with van der Waals surface area (Å²) in [5, 5.41) is 8.13. The molecule has 4 nitrogen and oxygen atoms in total. The first kappa shape index (κ1) is 30.3. The maximum Gasteiger partial charge on any atom is 0.320 e. The summed E-state index contributed by atoms with van der Waals surface area (Å²) in [6.45, 7) is 7.31. The van der Waals surface area contributed by atoms with Gasteiger partial charge in [0.05, 0.1) is 12.2 Å². The van der Waals surface area contributed by atoms with Gasteiger partial charge >= 0.3 is 8.32 Å². The smallest absolute Gasteiger partial charge is 0.320 e. The second kappa shape index (κ2) is 12.8. The van der Waals surface area contributed by atoms with Crippen molar-refractivity contribution in [3.05, 3.63) is 164 Å². The summed E-state index contributed by atoms with van der Waals surface area (Å²) >= 11 is 0. The first-order valence-electron chi connectivity index (χ1n) is 16.1. The van der Waals surface area contributed by atoms with Gasteiger partial charge in [-0.25, -0.2) is 4.98 Å². The van der Waals surface area contributed by atoms with E-state index in [9.17, 15) is 0 Å². The lowest BCUT2D eigenvalue weighted by molar-refractivity contribution is 0.508. The van der Waals surface area contributed by atoms with Gasteiger partial charge in [-0.05, 0) is 26.9 Å². The van der Waals surface area contributed by atoms with E-state index in [4.69, 9.17) is 13.8 Å². The molecule has 0 saturated carbocycles. The third kappa shape index (κ3) is 5.86. The van der Waals surface area contributed by atoms with Gasteiger partial charge in [0.25, 0.3) is 0 Å². The molecule has 7 aromatic rings. The molecule has 47 heavy (non-hydrogen) atoms. The molecule has 6 aromatic carbocycles. The van der Waals surface area contributed by atoms with E-state index < -0.39 is 8.32 Å². The number of benzene rings is 6. The third-order valence-corrected chi connectivity index (χ3v) is 13.7. The Hall–Kier alpha value is -5.39. The maximum absolute atomic E-state index is 7.66. The van der Waals surface area contributed by atoms with E-state index in [0.29, 0.717) is 12.4 Å². The van der Waals surface area contributed by atoms with E-state index in [2.05, 4.69) is 147 Å². The van der Waals surface area contributed by atoms with Crippen molar-refractivity contribution in [3.63, 3.8) is 0 Å². The number of nitrogens with zero attached hydrogens (tertiary/aromatic N) is 1. The molecule has 232 valence electrons. The Bertz CT molecular complexity index is 1990. The summed E-state index contributed by atoms with van der Waals surface area (Å²) < 4.78 is 14.2. The van der Waals surface area contributed by atoms with Crippen LogP contribution in [0, 0.1) is 0 Å². The van der Waals surface area contributed by atoms with E-state index >= 15 is 0 Å². The molecule has 0 bridgehead atoms. The molecule has 5 heteroatoms. The fourth-order valence-electron chi connectivity index (χ4n) is 6.48. The molecule has 0 aliphatic rings. The van der Waals surface area contributed by atoms with Crippen LogP contribution in [-0.2, 0) is 6.54 Å². The number of aromatic nitrogens is 1. The Labute approximate surface area is 277 Å². The molecule has 7 rings (SSSR count). The van der Waals surface area contributed by atoms with Crippen molar-refractivity contribution in [1.82, 2.24) is 4.98 Å². The molecular formula is C42H38N2O2Si. The van der Waals surface area contributed by atoms with Crippen LogP contribution in [-0.4, -0.2) is 13.3 Å². The second-order valence-electron chi connectivity index (χ2n) is 12.8. The average Bonchev–Trinajstić information content (AvgIpc) is 3.55. The monoisotopic (exact) mass is 630 g/mol. The SMILES string of the molecule is CC(C)(C)[Si](Oc1c(NCc2nc(-c3ccccc3)c(-c3ccccc3)o2)ccc2ccccc12)(c1ccccc1)c1ccccc1. The molecule has 0 aliphatic carbocycles. The van der Waals surface area contributed by atoms with Crippen molar-refractivity contribution >= 4 is 35.2 Å². The molecule has 0 fully saturated rings. The van der Waals surface area contributed by atoms with Gasteiger partial charge in [0.15, 0.2) is 5.76 Å². The van der Waals surface area contributed by atoms with Crippen LogP contribution < -0.4 is 20.1 Å². The zero-order chi connectivity index (χ0) is 32.3. The van der Waals surface area contributed by atoms with Gasteiger partial charge in [-0.2, -0.15) is 0 Å². The highest BCUT2D eigenvalue weighted by Crippen LogP contribution is 2.43. The summed E-state index contributed by atoms with van der Waals surface area (Å²) in [4.78, 5) is 5.01. The topological polar surface area (TPSA) is 47.3 Å². The molecule has 0 unspecified atom stereocenters. The van der Waals surface area contributed by atoms with Crippen LogP contribution in [0.15, 0.2) is 162 Å². The third-order valence-electron chi connectivity index (χ3n) is 8.74. The van der Waals surface area contributed by atoms with Crippen LogP contribution >= 0.6 is 0 Å². The highest BCUT2D eigenvalue weighted by molar-refractivity contribution is 7.00. The average molecular weight is 631 g/mol. The summed E-state index contributed by atoms with van der Waals surface area (Å²) in [6.07, 6.45) is 0. The molecule has 0 amide bonds. The quantitative estimate of drug-likeness (QED) is 0.161. The van der Waals surface area contributed by atoms with Crippen molar-refractivity contribution in [3.8, 4) is 28.3 Å². The van der Waals surface area contributed by atoms with Crippen LogP contribution in [0.3, 0.4) is 0 Å². The molecule has 1 N–H and O–H groups in total. The van der Waals surface area contributed by atoms with Crippen molar-refractivity contribution in [1.29, 1.82) is 0 Å². The number of rotatable bonds is 9. The van der Waals surface area contributed by atoms with Crippen molar-refractivity contribution in [2.75, 3.05) is 5.32 Å². The minimum Gasteiger partial charge on any atom is -0.532 e. The first-order chi connectivity index (χ1) is 22.9. The van der Waals surface area contributed by atoms with Gasteiger partial charge in [-0.15, -0.1) is 0 Å². The Morgan fingerprint density at radius 3 is 1.74 bits per heavy atom. The number of nitrogens with one attached hydrogen (secondary N) is 1. The molecular weight excluding hydrogens is 593 g/mol. The van der Waals surface area contributed by atoms with E-state index in [0.717, 1.165) is 44.8 Å². The van der Waals surface area contributed by atoms with Crippen LogP contribution in [0.25, 0.3) is 33.4 Å². The molecule has 0 spiro atoms. The number of hydrogen-bond acceptors (Lipinski definition) is 4. The Kier molecular flexibility index (Phi) is 8.23. The molecule has 0 atom stereocenters. The number of fused-ring (bicyclic) bond motifs is 1. The summed E-state index contributed by atoms with van der Waals surface area (Å²) in [5.74, 6) is 2.21. The van der Waals surface area contributed by atoms with Crippen LogP contribution in [0.2, 0.25) is 5.04 Å². The predicted octanol–water partition coefficient (Wildman–Crippen LogP) is 9.71. The zero-order valence-electron chi connectivity index (χ0n) is 27.0. The summed E-state index contributed by atoms with van der Waals surface area (Å²) in [6, 6.07) is 54.6. The fraction of sp³-hybridized carbons (Fsp3) is 0.119. The standard InChI is InChI=1S/C42H38N2O2Si/c1-42(2,3)47(34-23-12-6-13-24-34,35-25-14-7-15-26-35)46-41-36-27-17-16-18-31(36)28-29-37(41)43-30-38-44-39(32-19-8-4-9-20-32)40(45-38)33-21-10-5-11-22-33/h4-29,43H,30H2,1-3H3.